The van der Waals surface area contributed by atoms with E-state index in [9.17, 15) is 4.79 Å². The van der Waals surface area contributed by atoms with Crippen molar-refractivity contribution >= 4 is 5.91 Å². The van der Waals surface area contributed by atoms with Gasteiger partial charge in [-0.2, -0.15) is 0 Å². The summed E-state index contributed by atoms with van der Waals surface area (Å²) in [6.07, 6.45) is 1.58. The fourth-order valence-corrected chi connectivity index (χ4v) is 1.92. The van der Waals surface area contributed by atoms with E-state index in [1.54, 1.807) is 7.11 Å². The molecule has 1 aliphatic rings. The highest BCUT2D eigenvalue weighted by atomic mass is 16.5. The van der Waals surface area contributed by atoms with E-state index < -0.39 is 6.10 Å². The lowest BCUT2D eigenvalue weighted by atomic mass is 10.1. The third-order valence-electron chi connectivity index (χ3n) is 2.85. The van der Waals surface area contributed by atoms with Crippen LogP contribution in [0.1, 0.15) is 19.3 Å². The van der Waals surface area contributed by atoms with Crippen LogP contribution >= 0.6 is 0 Å². The second kappa shape index (κ2) is 7.60. The monoisotopic (exact) mass is 246 g/mol. The van der Waals surface area contributed by atoms with Gasteiger partial charge in [0.15, 0.2) is 0 Å². The van der Waals surface area contributed by atoms with Crippen molar-refractivity contribution in [1.82, 2.24) is 5.32 Å². The molecule has 0 bridgehead atoms. The number of hydrogen-bond donors (Lipinski definition) is 3. The lowest BCUT2D eigenvalue weighted by Gasteiger charge is -2.19. The van der Waals surface area contributed by atoms with Crippen molar-refractivity contribution in [3.8, 4) is 0 Å². The maximum atomic E-state index is 11.9. The molecule has 0 aromatic carbocycles. The van der Waals surface area contributed by atoms with Gasteiger partial charge in [0.1, 0.15) is 6.10 Å². The van der Waals surface area contributed by atoms with Gasteiger partial charge in [-0.25, -0.2) is 0 Å². The van der Waals surface area contributed by atoms with Crippen LogP contribution in [0.5, 0.6) is 0 Å². The van der Waals surface area contributed by atoms with Crippen molar-refractivity contribution in [2.45, 2.75) is 37.5 Å². The highest BCUT2D eigenvalue weighted by Crippen LogP contribution is 2.19. The molecular weight excluding hydrogens is 224 g/mol. The Kier molecular flexibility index (Phi) is 6.43. The largest absolute Gasteiger partial charge is 0.396 e. The van der Waals surface area contributed by atoms with Crippen LogP contribution in [-0.4, -0.2) is 56.1 Å². The lowest BCUT2D eigenvalue weighted by Crippen LogP contribution is -2.44. The molecule has 0 saturated carbocycles. The normalized spacial score (nSPS) is 25.8. The summed E-state index contributed by atoms with van der Waals surface area (Å²) >= 11 is 0. The molecule has 1 amide bonds. The van der Waals surface area contributed by atoms with Gasteiger partial charge in [-0.3, -0.25) is 4.79 Å². The number of carbonyl (C=O) groups excluding carboxylic acids is 1. The van der Waals surface area contributed by atoms with Gasteiger partial charge in [0.05, 0.1) is 18.8 Å². The summed E-state index contributed by atoms with van der Waals surface area (Å²) in [4.78, 5) is 11.9. The van der Waals surface area contributed by atoms with Crippen molar-refractivity contribution in [2.24, 2.45) is 5.73 Å². The molecule has 1 aliphatic heterocycles. The van der Waals surface area contributed by atoms with Crippen molar-refractivity contribution in [2.75, 3.05) is 26.9 Å². The minimum Gasteiger partial charge on any atom is -0.396 e. The first-order valence-electron chi connectivity index (χ1n) is 5.97. The molecule has 0 aliphatic carbocycles. The summed E-state index contributed by atoms with van der Waals surface area (Å²) in [5.74, 6) is -0.142. The van der Waals surface area contributed by atoms with Gasteiger partial charge in [0.25, 0.3) is 0 Å². The summed E-state index contributed by atoms with van der Waals surface area (Å²) in [5, 5.41) is 11.7. The number of amides is 1. The zero-order chi connectivity index (χ0) is 12.7. The second-order valence-electron chi connectivity index (χ2n) is 4.23. The molecule has 1 fully saturated rings. The molecule has 0 radical (unpaired) electrons. The average Bonchev–Trinajstić information content (AvgIpc) is 2.78. The molecule has 100 valence electrons. The highest BCUT2D eigenvalue weighted by Gasteiger charge is 2.30. The Morgan fingerprint density at radius 1 is 1.65 bits per heavy atom. The molecule has 6 heteroatoms. The topological polar surface area (TPSA) is 93.8 Å². The van der Waals surface area contributed by atoms with Crippen LogP contribution < -0.4 is 11.1 Å². The van der Waals surface area contributed by atoms with Crippen molar-refractivity contribution < 1.29 is 19.4 Å². The van der Waals surface area contributed by atoms with E-state index in [0.29, 0.717) is 26.0 Å². The van der Waals surface area contributed by atoms with E-state index >= 15 is 0 Å². The third-order valence-corrected chi connectivity index (χ3v) is 2.85. The molecule has 6 nitrogen and oxygen atoms in total. The van der Waals surface area contributed by atoms with E-state index in [0.717, 1.165) is 6.42 Å². The lowest BCUT2D eigenvalue weighted by molar-refractivity contribution is -0.133. The summed E-state index contributed by atoms with van der Waals surface area (Å²) in [6.45, 7) is 0.854. The zero-order valence-corrected chi connectivity index (χ0v) is 10.2. The van der Waals surface area contributed by atoms with Crippen LogP contribution in [0.3, 0.4) is 0 Å². The fraction of sp³-hybridized carbons (Fsp3) is 0.909. The fourth-order valence-electron chi connectivity index (χ4n) is 1.92. The maximum Gasteiger partial charge on any atom is 0.249 e. The summed E-state index contributed by atoms with van der Waals surface area (Å²) in [6, 6.07) is -0.168. The van der Waals surface area contributed by atoms with Gasteiger partial charge in [0, 0.05) is 20.3 Å². The Morgan fingerprint density at radius 3 is 2.94 bits per heavy atom. The molecule has 1 heterocycles. The molecule has 17 heavy (non-hydrogen) atoms. The van der Waals surface area contributed by atoms with E-state index in [1.807, 2.05) is 0 Å². The summed E-state index contributed by atoms with van der Waals surface area (Å²) < 4.78 is 10.5. The molecule has 1 rings (SSSR count). The predicted octanol–water partition coefficient (Wildman–Crippen LogP) is -0.994. The number of carbonyl (C=O) groups is 1. The molecule has 0 spiro atoms. The van der Waals surface area contributed by atoms with Crippen molar-refractivity contribution in [3.63, 3.8) is 0 Å². The van der Waals surface area contributed by atoms with Crippen LogP contribution in [0.4, 0.5) is 0 Å². The Morgan fingerprint density at radius 2 is 2.41 bits per heavy atom. The van der Waals surface area contributed by atoms with E-state index in [-0.39, 0.29) is 24.7 Å². The van der Waals surface area contributed by atoms with E-state index in [4.69, 9.17) is 20.3 Å². The summed E-state index contributed by atoms with van der Waals surface area (Å²) in [7, 11) is 1.56. The molecule has 1 saturated heterocycles. The molecule has 3 unspecified atom stereocenters. The van der Waals surface area contributed by atoms with Gasteiger partial charge in [-0.15, -0.1) is 0 Å². The first-order valence-corrected chi connectivity index (χ1v) is 5.97. The number of ether oxygens (including phenoxy) is 2. The quantitative estimate of drug-likeness (QED) is 0.536. The van der Waals surface area contributed by atoms with Gasteiger partial charge < -0.3 is 25.6 Å². The third kappa shape index (κ3) is 4.59. The minimum atomic E-state index is -0.415. The number of rotatable bonds is 7. The Hall–Kier alpha value is -0.690. The van der Waals surface area contributed by atoms with Crippen LogP contribution in [-0.2, 0) is 14.3 Å². The van der Waals surface area contributed by atoms with Crippen molar-refractivity contribution in [1.29, 1.82) is 0 Å². The highest BCUT2D eigenvalue weighted by molar-refractivity contribution is 5.81. The van der Waals surface area contributed by atoms with Crippen LogP contribution in [0, 0.1) is 0 Å². The van der Waals surface area contributed by atoms with Gasteiger partial charge in [-0.05, 0) is 19.3 Å². The standard InChI is InChI=1S/C11H22N2O4/c1-16-7-8(4-5-14)13-11(15)10-3-2-9(6-12)17-10/h8-10,14H,2-7,12H2,1H3,(H,13,15). The Labute approximate surface area is 101 Å². The van der Waals surface area contributed by atoms with Crippen molar-refractivity contribution in [3.05, 3.63) is 0 Å². The number of aliphatic hydroxyl groups is 1. The number of methoxy groups -OCH3 is 1. The second-order valence-corrected chi connectivity index (χ2v) is 4.23. The Bertz CT molecular complexity index is 232. The van der Waals surface area contributed by atoms with Crippen LogP contribution in [0.25, 0.3) is 0 Å². The number of aliphatic hydroxyl groups excluding tert-OH is 1. The predicted molar refractivity (Wildman–Crippen MR) is 62.5 cm³/mol. The average molecular weight is 246 g/mol. The smallest absolute Gasteiger partial charge is 0.249 e. The molecule has 0 aromatic heterocycles. The Balaban J connectivity index is 2.36. The van der Waals surface area contributed by atoms with Gasteiger partial charge in [-0.1, -0.05) is 0 Å². The van der Waals surface area contributed by atoms with Gasteiger partial charge >= 0.3 is 0 Å². The van der Waals surface area contributed by atoms with Crippen LogP contribution in [0.15, 0.2) is 0 Å². The molecule has 0 aromatic rings. The SMILES string of the molecule is COCC(CCO)NC(=O)C1CCC(CN)O1. The molecule has 4 N–H and O–H groups in total. The minimum absolute atomic E-state index is 0.00975. The van der Waals surface area contributed by atoms with Gasteiger partial charge in [0.2, 0.25) is 5.91 Å². The zero-order valence-electron chi connectivity index (χ0n) is 10.2. The molecular formula is C11H22N2O4. The number of nitrogens with two attached hydrogens (primary N) is 1. The van der Waals surface area contributed by atoms with E-state index in [2.05, 4.69) is 5.32 Å². The number of hydrogen-bond acceptors (Lipinski definition) is 5. The first-order chi connectivity index (χ1) is 8.21. The van der Waals surface area contributed by atoms with E-state index in [1.165, 1.54) is 0 Å². The molecule has 3 atom stereocenters. The number of nitrogens with one attached hydrogen (secondary N) is 1. The van der Waals surface area contributed by atoms with Crippen LogP contribution in [0.2, 0.25) is 0 Å². The maximum absolute atomic E-state index is 11.9. The first kappa shape index (κ1) is 14.4. The summed E-state index contributed by atoms with van der Waals surface area (Å²) in [5.41, 5.74) is 5.48.